The van der Waals surface area contributed by atoms with Gasteiger partial charge < -0.3 is 15.4 Å². The van der Waals surface area contributed by atoms with Gasteiger partial charge in [-0.1, -0.05) is 36.4 Å². The van der Waals surface area contributed by atoms with Crippen LogP contribution in [0.2, 0.25) is 0 Å². The minimum absolute atomic E-state index is 0.0311. The zero-order valence-corrected chi connectivity index (χ0v) is 16.9. The first-order chi connectivity index (χ1) is 14.1. The molecule has 0 bridgehead atoms. The maximum absolute atomic E-state index is 12.8. The van der Waals surface area contributed by atoms with Gasteiger partial charge in [0, 0.05) is 31.4 Å². The Bertz CT molecular complexity index is 810. The predicted molar refractivity (Wildman–Crippen MR) is 114 cm³/mol. The molecule has 29 heavy (non-hydrogen) atoms. The lowest BCUT2D eigenvalue weighted by Crippen LogP contribution is -2.40. The topological polar surface area (TPSA) is 70.7 Å². The number of rotatable bonds is 8. The molecule has 1 unspecified atom stereocenters. The van der Waals surface area contributed by atoms with Crippen molar-refractivity contribution >= 4 is 17.5 Å². The molecular weight excluding hydrogens is 366 g/mol. The van der Waals surface area contributed by atoms with E-state index in [1.165, 1.54) is 5.56 Å². The van der Waals surface area contributed by atoms with Crippen LogP contribution in [0.4, 0.5) is 5.69 Å². The maximum atomic E-state index is 12.8. The lowest BCUT2D eigenvalue weighted by molar-refractivity contribution is -0.123. The summed E-state index contributed by atoms with van der Waals surface area (Å²) in [6.45, 7) is 5.03. The second-order valence-electron chi connectivity index (χ2n) is 7.32. The minimum atomic E-state index is -0.164. The first-order valence-corrected chi connectivity index (χ1v) is 10.2. The first kappa shape index (κ1) is 20.9. The zero-order chi connectivity index (χ0) is 20.5. The minimum Gasteiger partial charge on any atom is -0.484 e. The summed E-state index contributed by atoms with van der Waals surface area (Å²) in [5.41, 5.74) is 1.95. The Kier molecular flexibility index (Phi) is 7.64. The van der Waals surface area contributed by atoms with Gasteiger partial charge in [0.25, 0.3) is 5.91 Å². The molecule has 0 aliphatic carbocycles. The maximum Gasteiger partial charge on any atom is 0.257 e. The number of ether oxygens (including phenoxy) is 1. The van der Waals surface area contributed by atoms with Crippen LogP contribution in [-0.4, -0.2) is 43.0 Å². The number of likely N-dealkylation sites (tertiary alicyclic amines) is 1. The summed E-state index contributed by atoms with van der Waals surface area (Å²) in [5, 5.41) is 5.69. The molecule has 1 aliphatic rings. The fraction of sp³-hybridized carbons (Fsp3) is 0.391. The number of hydrogen-bond donors (Lipinski definition) is 2. The average Bonchev–Trinajstić information content (AvgIpc) is 2.74. The summed E-state index contributed by atoms with van der Waals surface area (Å²) in [7, 11) is 0. The SMILES string of the molecule is CCNC(=O)COc1cccc(NC(=O)C2CCCN(Cc3ccccc3)C2)c1. The third kappa shape index (κ3) is 6.61. The molecule has 1 saturated heterocycles. The summed E-state index contributed by atoms with van der Waals surface area (Å²) in [5.74, 6) is 0.391. The number of carbonyl (C=O) groups excluding carboxylic acids is 2. The van der Waals surface area contributed by atoms with E-state index < -0.39 is 0 Å². The average molecular weight is 396 g/mol. The van der Waals surface area contributed by atoms with Crippen LogP contribution in [0, 0.1) is 5.92 Å². The van der Waals surface area contributed by atoms with E-state index >= 15 is 0 Å². The number of amides is 2. The lowest BCUT2D eigenvalue weighted by atomic mass is 9.96. The second kappa shape index (κ2) is 10.6. The van der Waals surface area contributed by atoms with Crippen LogP contribution in [0.25, 0.3) is 0 Å². The summed E-state index contributed by atoms with van der Waals surface area (Å²) in [6, 6.07) is 17.5. The highest BCUT2D eigenvalue weighted by atomic mass is 16.5. The van der Waals surface area contributed by atoms with E-state index in [2.05, 4.69) is 27.7 Å². The van der Waals surface area contributed by atoms with Crippen molar-refractivity contribution in [3.05, 3.63) is 60.2 Å². The summed E-state index contributed by atoms with van der Waals surface area (Å²) >= 11 is 0. The van der Waals surface area contributed by atoms with Crippen molar-refractivity contribution in [1.82, 2.24) is 10.2 Å². The summed E-state index contributed by atoms with van der Waals surface area (Å²) < 4.78 is 5.50. The Hall–Kier alpha value is -2.86. The molecule has 0 saturated carbocycles. The van der Waals surface area contributed by atoms with E-state index in [1.807, 2.05) is 37.3 Å². The van der Waals surface area contributed by atoms with Gasteiger partial charge in [0.2, 0.25) is 5.91 Å². The Morgan fingerprint density at radius 3 is 2.76 bits per heavy atom. The van der Waals surface area contributed by atoms with Gasteiger partial charge in [0.1, 0.15) is 5.75 Å². The molecule has 2 N–H and O–H groups in total. The van der Waals surface area contributed by atoms with Crippen LogP contribution in [0.5, 0.6) is 5.75 Å². The smallest absolute Gasteiger partial charge is 0.257 e. The Balaban J connectivity index is 1.52. The number of likely N-dealkylation sites (N-methyl/N-ethyl adjacent to an activating group) is 1. The lowest BCUT2D eigenvalue weighted by Gasteiger charge is -2.32. The van der Waals surface area contributed by atoms with Gasteiger partial charge in [-0.25, -0.2) is 0 Å². The van der Waals surface area contributed by atoms with Crippen molar-refractivity contribution in [2.75, 3.05) is 31.6 Å². The molecule has 3 rings (SSSR count). The van der Waals surface area contributed by atoms with Crippen LogP contribution in [0.15, 0.2) is 54.6 Å². The number of benzene rings is 2. The van der Waals surface area contributed by atoms with Crippen LogP contribution < -0.4 is 15.4 Å². The van der Waals surface area contributed by atoms with E-state index in [9.17, 15) is 9.59 Å². The van der Waals surface area contributed by atoms with Gasteiger partial charge in [-0.05, 0) is 44.0 Å². The zero-order valence-electron chi connectivity index (χ0n) is 16.9. The molecule has 1 heterocycles. The molecule has 0 radical (unpaired) electrons. The summed E-state index contributed by atoms with van der Waals surface area (Å²) in [6.07, 6.45) is 1.91. The van der Waals surface area contributed by atoms with E-state index in [0.717, 1.165) is 32.5 Å². The highest BCUT2D eigenvalue weighted by Crippen LogP contribution is 2.22. The number of nitrogens with zero attached hydrogens (tertiary/aromatic N) is 1. The highest BCUT2D eigenvalue weighted by molar-refractivity contribution is 5.93. The molecule has 2 aromatic rings. The van der Waals surface area contributed by atoms with Gasteiger partial charge in [0.05, 0.1) is 5.92 Å². The van der Waals surface area contributed by atoms with Crippen molar-refractivity contribution < 1.29 is 14.3 Å². The predicted octanol–water partition coefficient (Wildman–Crippen LogP) is 3.05. The van der Waals surface area contributed by atoms with Gasteiger partial charge in [-0.2, -0.15) is 0 Å². The fourth-order valence-electron chi connectivity index (χ4n) is 3.56. The van der Waals surface area contributed by atoms with Gasteiger partial charge in [0.15, 0.2) is 6.61 Å². The van der Waals surface area contributed by atoms with Gasteiger partial charge in [-0.15, -0.1) is 0 Å². The highest BCUT2D eigenvalue weighted by Gasteiger charge is 2.25. The second-order valence-corrected chi connectivity index (χ2v) is 7.32. The molecule has 2 amide bonds. The monoisotopic (exact) mass is 395 g/mol. The number of hydrogen-bond acceptors (Lipinski definition) is 4. The van der Waals surface area contributed by atoms with E-state index in [1.54, 1.807) is 12.1 Å². The van der Waals surface area contributed by atoms with Crippen molar-refractivity contribution in [3.63, 3.8) is 0 Å². The summed E-state index contributed by atoms with van der Waals surface area (Å²) in [4.78, 5) is 26.7. The van der Waals surface area contributed by atoms with E-state index in [0.29, 0.717) is 18.0 Å². The van der Waals surface area contributed by atoms with Crippen LogP contribution >= 0.6 is 0 Å². The number of carbonyl (C=O) groups is 2. The van der Waals surface area contributed by atoms with E-state index in [4.69, 9.17) is 4.74 Å². The molecule has 2 aromatic carbocycles. The molecule has 0 aromatic heterocycles. The Labute approximate surface area is 172 Å². The van der Waals surface area contributed by atoms with Crippen molar-refractivity contribution in [2.45, 2.75) is 26.3 Å². The molecule has 154 valence electrons. The number of piperidine rings is 1. The fourth-order valence-corrected chi connectivity index (χ4v) is 3.56. The van der Waals surface area contributed by atoms with Crippen molar-refractivity contribution in [2.24, 2.45) is 5.92 Å². The molecule has 1 fully saturated rings. The Morgan fingerprint density at radius 1 is 1.14 bits per heavy atom. The number of anilines is 1. The third-order valence-corrected chi connectivity index (χ3v) is 4.97. The third-order valence-electron chi connectivity index (χ3n) is 4.97. The van der Waals surface area contributed by atoms with Gasteiger partial charge in [-0.3, -0.25) is 14.5 Å². The van der Waals surface area contributed by atoms with Crippen LogP contribution in [0.3, 0.4) is 0 Å². The number of nitrogens with one attached hydrogen (secondary N) is 2. The molecule has 0 spiro atoms. The van der Waals surface area contributed by atoms with E-state index in [-0.39, 0.29) is 24.3 Å². The molecular formula is C23H29N3O3. The van der Waals surface area contributed by atoms with Crippen molar-refractivity contribution in [1.29, 1.82) is 0 Å². The van der Waals surface area contributed by atoms with Gasteiger partial charge >= 0.3 is 0 Å². The first-order valence-electron chi connectivity index (χ1n) is 10.2. The molecule has 6 heteroatoms. The quantitative estimate of drug-likeness (QED) is 0.721. The van der Waals surface area contributed by atoms with Crippen LogP contribution in [0.1, 0.15) is 25.3 Å². The van der Waals surface area contributed by atoms with Crippen LogP contribution in [-0.2, 0) is 16.1 Å². The normalized spacial score (nSPS) is 16.8. The standard InChI is InChI=1S/C23H29N3O3/c1-2-24-22(27)17-29-21-12-6-11-20(14-21)25-23(28)19-10-7-13-26(16-19)15-18-8-4-3-5-9-18/h3-6,8-9,11-12,14,19H,2,7,10,13,15-17H2,1H3,(H,24,27)(H,25,28). The van der Waals surface area contributed by atoms with Crippen molar-refractivity contribution in [3.8, 4) is 5.75 Å². The largest absolute Gasteiger partial charge is 0.484 e. The molecule has 1 atom stereocenters. The molecule has 1 aliphatic heterocycles. The Morgan fingerprint density at radius 2 is 1.97 bits per heavy atom. The molecule has 6 nitrogen and oxygen atoms in total.